The first-order chi connectivity index (χ1) is 8.35. The number of hydrogen-bond acceptors (Lipinski definition) is 3. The number of nitrogens with one attached hydrogen (secondary N) is 1. The van der Waals surface area contributed by atoms with Gasteiger partial charge in [-0.25, -0.2) is 0 Å². The monoisotopic (exact) mass is 233 g/mol. The van der Waals surface area contributed by atoms with E-state index in [0.717, 1.165) is 13.1 Å². The van der Waals surface area contributed by atoms with Crippen molar-refractivity contribution in [1.82, 2.24) is 15.2 Å². The fourth-order valence-corrected chi connectivity index (χ4v) is 2.90. The Morgan fingerprint density at radius 3 is 2.76 bits per heavy atom. The minimum absolute atomic E-state index is 0.664. The number of aromatic nitrogens is 1. The third-order valence-electron chi connectivity index (χ3n) is 3.86. The quantitative estimate of drug-likeness (QED) is 0.843. The van der Waals surface area contributed by atoms with Gasteiger partial charge in [-0.2, -0.15) is 0 Å². The molecular weight excluding hydrogens is 210 g/mol. The van der Waals surface area contributed by atoms with E-state index in [1.54, 1.807) is 0 Å². The van der Waals surface area contributed by atoms with Gasteiger partial charge >= 0.3 is 0 Å². The lowest BCUT2D eigenvalue weighted by Gasteiger charge is -2.32. The normalized spacial score (nSPS) is 24.4. The number of pyridine rings is 1. The van der Waals surface area contributed by atoms with E-state index in [9.17, 15) is 0 Å². The van der Waals surface area contributed by atoms with E-state index >= 15 is 0 Å². The van der Waals surface area contributed by atoms with Gasteiger partial charge in [0.05, 0.1) is 0 Å². The summed E-state index contributed by atoms with van der Waals surface area (Å²) in [4.78, 5) is 6.66. The molecule has 2 atom stereocenters. The molecule has 1 aliphatic rings. The van der Waals surface area contributed by atoms with Crippen LogP contribution in [0.5, 0.6) is 0 Å². The first-order valence-electron chi connectivity index (χ1n) is 6.65. The zero-order chi connectivity index (χ0) is 12.1. The van der Waals surface area contributed by atoms with E-state index in [2.05, 4.69) is 41.3 Å². The molecule has 1 aliphatic carbocycles. The van der Waals surface area contributed by atoms with Crippen LogP contribution in [0.15, 0.2) is 24.5 Å². The Morgan fingerprint density at radius 1 is 1.35 bits per heavy atom. The van der Waals surface area contributed by atoms with Gasteiger partial charge in [-0.3, -0.25) is 9.88 Å². The molecule has 0 spiro atoms. The van der Waals surface area contributed by atoms with Crippen molar-refractivity contribution in [3.63, 3.8) is 0 Å². The van der Waals surface area contributed by atoms with Crippen molar-refractivity contribution in [2.75, 3.05) is 13.6 Å². The number of likely N-dealkylation sites (N-methyl/N-ethyl adjacent to an activating group) is 2. The largest absolute Gasteiger partial charge is 0.315 e. The highest BCUT2D eigenvalue weighted by Gasteiger charge is 2.30. The molecule has 1 heterocycles. The molecule has 1 aromatic rings. The van der Waals surface area contributed by atoms with E-state index in [4.69, 9.17) is 0 Å². The van der Waals surface area contributed by atoms with E-state index in [1.165, 1.54) is 24.8 Å². The molecule has 2 unspecified atom stereocenters. The van der Waals surface area contributed by atoms with E-state index in [1.807, 2.05) is 12.4 Å². The van der Waals surface area contributed by atoms with Gasteiger partial charge in [0, 0.05) is 31.0 Å². The summed E-state index contributed by atoms with van der Waals surface area (Å²) in [6.07, 6.45) is 7.75. The van der Waals surface area contributed by atoms with Crippen LogP contribution in [0.1, 0.15) is 31.7 Å². The Hall–Kier alpha value is -0.930. The second kappa shape index (κ2) is 6.12. The summed E-state index contributed by atoms with van der Waals surface area (Å²) in [5.41, 5.74) is 1.36. The van der Waals surface area contributed by atoms with Gasteiger partial charge in [0.25, 0.3) is 0 Å². The smallest absolute Gasteiger partial charge is 0.0271 e. The van der Waals surface area contributed by atoms with Crippen molar-refractivity contribution in [2.24, 2.45) is 0 Å². The van der Waals surface area contributed by atoms with Crippen molar-refractivity contribution in [3.05, 3.63) is 30.1 Å². The van der Waals surface area contributed by atoms with Gasteiger partial charge in [0.1, 0.15) is 0 Å². The van der Waals surface area contributed by atoms with E-state index in [0.29, 0.717) is 12.1 Å². The molecule has 3 nitrogen and oxygen atoms in total. The zero-order valence-electron chi connectivity index (χ0n) is 10.9. The topological polar surface area (TPSA) is 28.2 Å². The summed E-state index contributed by atoms with van der Waals surface area (Å²) in [6.45, 7) is 4.42. The Labute approximate surface area is 104 Å². The van der Waals surface area contributed by atoms with Crippen LogP contribution in [-0.4, -0.2) is 35.6 Å². The van der Waals surface area contributed by atoms with Crippen LogP contribution in [0, 0.1) is 0 Å². The lowest BCUT2D eigenvalue weighted by molar-refractivity contribution is 0.176. The van der Waals surface area contributed by atoms with Crippen LogP contribution in [-0.2, 0) is 6.54 Å². The summed E-state index contributed by atoms with van der Waals surface area (Å²) in [5, 5.41) is 3.46. The molecule has 0 saturated heterocycles. The maximum Gasteiger partial charge on any atom is 0.0271 e. The predicted molar refractivity (Wildman–Crippen MR) is 70.8 cm³/mol. The Bertz CT molecular complexity index is 325. The van der Waals surface area contributed by atoms with Crippen LogP contribution in [0.2, 0.25) is 0 Å². The molecule has 0 radical (unpaired) electrons. The average molecular weight is 233 g/mol. The summed E-state index contributed by atoms with van der Waals surface area (Å²) in [5.74, 6) is 0. The second-order valence-corrected chi connectivity index (χ2v) is 4.81. The fraction of sp³-hybridized carbons (Fsp3) is 0.643. The molecule has 17 heavy (non-hydrogen) atoms. The van der Waals surface area contributed by atoms with Crippen LogP contribution in [0.25, 0.3) is 0 Å². The molecule has 1 saturated carbocycles. The van der Waals surface area contributed by atoms with Crippen molar-refractivity contribution in [1.29, 1.82) is 0 Å². The summed E-state index contributed by atoms with van der Waals surface area (Å²) in [7, 11) is 2.09. The zero-order valence-corrected chi connectivity index (χ0v) is 10.9. The second-order valence-electron chi connectivity index (χ2n) is 4.81. The average Bonchev–Trinajstić information content (AvgIpc) is 2.85. The highest BCUT2D eigenvalue weighted by Crippen LogP contribution is 2.25. The highest BCUT2D eigenvalue weighted by molar-refractivity contribution is 5.10. The van der Waals surface area contributed by atoms with Crippen molar-refractivity contribution < 1.29 is 0 Å². The van der Waals surface area contributed by atoms with Crippen LogP contribution in [0.3, 0.4) is 0 Å². The summed E-state index contributed by atoms with van der Waals surface area (Å²) >= 11 is 0. The lowest BCUT2D eigenvalue weighted by Crippen LogP contribution is -2.45. The summed E-state index contributed by atoms with van der Waals surface area (Å²) < 4.78 is 0. The molecule has 1 fully saturated rings. The molecule has 3 heteroatoms. The van der Waals surface area contributed by atoms with Gasteiger partial charge in [0.2, 0.25) is 0 Å². The van der Waals surface area contributed by atoms with Crippen LogP contribution in [0.4, 0.5) is 0 Å². The van der Waals surface area contributed by atoms with Crippen molar-refractivity contribution >= 4 is 0 Å². The van der Waals surface area contributed by atoms with Gasteiger partial charge in [0.15, 0.2) is 0 Å². The fourth-order valence-electron chi connectivity index (χ4n) is 2.90. The maximum absolute atomic E-state index is 4.08. The van der Waals surface area contributed by atoms with Crippen LogP contribution < -0.4 is 5.32 Å². The van der Waals surface area contributed by atoms with Gasteiger partial charge in [-0.05, 0) is 44.1 Å². The van der Waals surface area contributed by atoms with Crippen molar-refractivity contribution in [3.8, 4) is 0 Å². The summed E-state index contributed by atoms with van der Waals surface area (Å²) in [6, 6.07) is 5.59. The lowest BCUT2D eigenvalue weighted by atomic mass is 10.1. The van der Waals surface area contributed by atoms with Gasteiger partial charge < -0.3 is 5.32 Å². The Balaban J connectivity index is 2.01. The minimum Gasteiger partial charge on any atom is -0.315 e. The molecule has 94 valence electrons. The molecule has 0 aliphatic heterocycles. The molecule has 0 bridgehead atoms. The first-order valence-corrected chi connectivity index (χ1v) is 6.65. The molecule has 2 rings (SSSR count). The molecular formula is C14H23N3. The Morgan fingerprint density at radius 2 is 2.12 bits per heavy atom. The highest BCUT2D eigenvalue weighted by atomic mass is 15.2. The predicted octanol–water partition coefficient (Wildman–Crippen LogP) is 2.04. The van der Waals surface area contributed by atoms with E-state index < -0.39 is 0 Å². The molecule has 0 aromatic carbocycles. The standard InChI is InChI=1S/C14H23N3/c1-3-17(11-12-7-9-16-10-8-12)14-6-4-5-13(14)15-2/h7-10,13-15H,3-6,11H2,1-2H3. The first kappa shape index (κ1) is 12.5. The number of hydrogen-bond donors (Lipinski definition) is 1. The maximum atomic E-state index is 4.08. The van der Waals surface area contributed by atoms with Gasteiger partial charge in [-0.15, -0.1) is 0 Å². The third kappa shape index (κ3) is 3.05. The SMILES string of the molecule is CCN(Cc1ccncc1)C1CCCC1NC. The number of nitrogens with zero attached hydrogens (tertiary/aromatic N) is 2. The molecule has 1 aromatic heterocycles. The van der Waals surface area contributed by atoms with Crippen LogP contribution >= 0.6 is 0 Å². The third-order valence-corrected chi connectivity index (χ3v) is 3.86. The molecule has 1 N–H and O–H groups in total. The number of rotatable bonds is 5. The minimum atomic E-state index is 0.664. The Kier molecular flexibility index (Phi) is 4.51. The molecule has 0 amide bonds. The van der Waals surface area contributed by atoms with E-state index in [-0.39, 0.29) is 0 Å². The van der Waals surface area contributed by atoms with Crippen molar-refractivity contribution in [2.45, 2.75) is 44.8 Å². The van der Waals surface area contributed by atoms with Gasteiger partial charge in [-0.1, -0.05) is 13.3 Å².